The topological polar surface area (TPSA) is 64.4 Å². The summed E-state index contributed by atoms with van der Waals surface area (Å²) in [5, 5.41) is 3.24. The molecule has 1 unspecified atom stereocenters. The Morgan fingerprint density at radius 1 is 1.47 bits per heavy atom. The minimum atomic E-state index is -0.518. The highest BCUT2D eigenvalue weighted by Gasteiger charge is 2.16. The molecule has 0 fully saturated rings. The average molecular weight is 285 g/mol. The molecule has 1 aromatic carbocycles. The van der Waals surface area contributed by atoms with E-state index in [4.69, 9.17) is 22.1 Å². The summed E-state index contributed by atoms with van der Waals surface area (Å²) in [5.74, 6) is 0.258. The smallest absolute Gasteiger partial charge is 0.241 e. The van der Waals surface area contributed by atoms with Crippen molar-refractivity contribution in [2.75, 3.05) is 5.32 Å². The maximum atomic E-state index is 11.9. The van der Waals surface area contributed by atoms with Gasteiger partial charge in [0.2, 0.25) is 5.91 Å². The molecule has 1 atom stereocenters. The molecule has 0 aliphatic rings. The van der Waals surface area contributed by atoms with E-state index in [0.717, 1.165) is 6.42 Å². The van der Waals surface area contributed by atoms with Gasteiger partial charge in [0, 0.05) is 0 Å². The van der Waals surface area contributed by atoms with Crippen LogP contribution < -0.4 is 15.8 Å². The molecule has 0 radical (unpaired) electrons. The molecule has 5 heteroatoms. The number of para-hydroxylation sites is 1. The third kappa shape index (κ3) is 4.73. The third-order valence-electron chi connectivity index (χ3n) is 2.51. The number of anilines is 1. The van der Waals surface area contributed by atoms with Crippen molar-refractivity contribution < 1.29 is 9.53 Å². The van der Waals surface area contributed by atoms with Gasteiger partial charge in [0.05, 0.1) is 22.9 Å². The Morgan fingerprint density at radius 3 is 2.74 bits per heavy atom. The van der Waals surface area contributed by atoms with Crippen LogP contribution in [0.3, 0.4) is 0 Å². The van der Waals surface area contributed by atoms with Crippen LogP contribution in [0.25, 0.3) is 0 Å². The Kier molecular flexibility index (Phi) is 6.12. The fourth-order valence-electron chi connectivity index (χ4n) is 1.63. The average Bonchev–Trinajstić information content (AvgIpc) is 2.33. The van der Waals surface area contributed by atoms with Crippen molar-refractivity contribution >= 4 is 23.2 Å². The van der Waals surface area contributed by atoms with E-state index in [-0.39, 0.29) is 12.0 Å². The number of hydrogen-bond donors (Lipinski definition) is 2. The highest BCUT2D eigenvalue weighted by atomic mass is 35.5. The summed E-state index contributed by atoms with van der Waals surface area (Å²) >= 11 is 6.09. The molecule has 0 bridgehead atoms. The number of nitrogens with one attached hydrogen (secondary N) is 1. The molecule has 0 aliphatic carbocycles. The number of carbonyl (C=O) groups is 1. The zero-order valence-electron chi connectivity index (χ0n) is 11.6. The van der Waals surface area contributed by atoms with Crippen molar-refractivity contribution in [1.82, 2.24) is 0 Å². The first-order chi connectivity index (χ1) is 8.95. The number of halogens is 1. The maximum absolute atomic E-state index is 11.9. The van der Waals surface area contributed by atoms with Gasteiger partial charge in [0.15, 0.2) is 5.75 Å². The second kappa shape index (κ2) is 7.36. The zero-order valence-corrected chi connectivity index (χ0v) is 12.3. The Morgan fingerprint density at radius 2 is 2.16 bits per heavy atom. The highest BCUT2D eigenvalue weighted by Crippen LogP contribution is 2.33. The number of benzene rings is 1. The zero-order chi connectivity index (χ0) is 14.4. The van der Waals surface area contributed by atoms with Crippen molar-refractivity contribution in [1.29, 1.82) is 0 Å². The first-order valence-electron chi connectivity index (χ1n) is 6.47. The second-order valence-corrected chi connectivity index (χ2v) is 5.07. The van der Waals surface area contributed by atoms with Crippen LogP contribution in [-0.2, 0) is 4.79 Å². The van der Waals surface area contributed by atoms with Crippen LogP contribution in [0.15, 0.2) is 18.2 Å². The molecule has 106 valence electrons. The van der Waals surface area contributed by atoms with Crippen molar-refractivity contribution in [2.45, 2.75) is 45.8 Å². The highest BCUT2D eigenvalue weighted by molar-refractivity contribution is 6.32. The molecular formula is C14H21ClN2O2. The van der Waals surface area contributed by atoms with Crippen LogP contribution >= 0.6 is 11.6 Å². The van der Waals surface area contributed by atoms with Gasteiger partial charge in [0.1, 0.15) is 0 Å². The van der Waals surface area contributed by atoms with Crippen LogP contribution in [0.5, 0.6) is 5.75 Å². The van der Waals surface area contributed by atoms with E-state index in [1.807, 2.05) is 20.8 Å². The van der Waals surface area contributed by atoms with Crippen molar-refractivity contribution in [3.8, 4) is 5.75 Å². The number of hydrogen-bond acceptors (Lipinski definition) is 3. The van der Waals surface area contributed by atoms with E-state index in [0.29, 0.717) is 22.9 Å². The summed E-state index contributed by atoms with van der Waals surface area (Å²) in [6.07, 6.45) is 1.48. The van der Waals surface area contributed by atoms with Gasteiger partial charge in [0.25, 0.3) is 0 Å². The maximum Gasteiger partial charge on any atom is 0.241 e. The summed E-state index contributed by atoms with van der Waals surface area (Å²) < 4.78 is 5.63. The first-order valence-corrected chi connectivity index (χ1v) is 6.85. The van der Waals surface area contributed by atoms with Crippen LogP contribution in [0.2, 0.25) is 5.02 Å². The van der Waals surface area contributed by atoms with Gasteiger partial charge in [-0.3, -0.25) is 4.79 Å². The lowest BCUT2D eigenvalue weighted by Gasteiger charge is -2.17. The van der Waals surface area contributed by atoms with Crippen molar-refractivity contribution in [3.05, 3.63) is 23.2 Å². The van der Waals surface area contributed by atoms with Gasteiger partial charge in [-0.2, -0.15) is 0 Å². The quantitative estimate of drug-likeness (QED) is 0.843. The molecule has 0 saturated carbocycles. The summed E-state index contributed by atoms with van der Waals surface area (Å²) in [5.41, 5.74) is 6.33. The molecule has 19 heavy (non-hydrogen) atoms. The summed E-state index contributed by atoms with van der Waals surface area (Å²) in [6, 6.07) is 4.72. The SMILES string of the molecule is CCCC(N)C(=O)Nc1cccc(Cl)c1OC(C)C. The van der Waals surface area contributed by atoms with Gasteiger partial charge >= 0.3 is 0 Å². The number of amides is 1. The largest absolute Gasteiger partial charge is 0.487 e. The van der Waals surface area contributed by atoms with Crippen LogP contribution in [-0.4, -0.2) is 18.1 Å². The predicted octanol–water partition coefficient (Wildman–Crippen LogP) is 3.19. The van der Waals surface area contributed by atoms with E-state index in [9.17, 15) is 4.79 Å². The molecule has 1 rings (SSSR count). The first kappa shape index (κ1) is 15.8. The molecule has 0 heterocycles. The Hall–Kier alpha value is -1.26. The fourth-order valence-corrected chi connectivity index (χ4v) is 1.85. The predicted molar refractivity (Wildman–Crippen MR) is 78.7 cm³/mol. The number of ether oxygens (including phenoxy) is 1. The normalized spacial score (nSPS) is 12.3. The molecule has 4 nitrogen and oxygen atoms in total. The van der Waals surface area contributed by atoms with E-state index in [2.05, 4.69) is 5.32 Å². The lowest BCUT2D eigenvalue weighted by molar-refractivity contribution is -0.117. The molecular weight excluding hydrogens is 264 g/mol. The lowest BCUT2D eigenvalue weighted by atomic mass is 10.1. The van der Waals surface area contributed by atoms with Gasteiger partial charge in [-0.1, -0.05) is 31.0 Å². The van der Waals surface area contributed by atoms with Crippen LogP contribution in [0, 0.1) is 0 Å². The van der Waals surface area contributed by atoms with Gasteiger partial charge < -0.3 is 15.8 Å². The van der Waals surface area contributed by atoms with Crippen molar-refractivity contribution in [3.63, 3.8) is 0 Å². The monoisotopic (exact) mass is 284 g/mol. The van der Waals surface area contributed by atoms with Gasteiger partial charge in [-0.05, 0) is 32.4 Å². The number of rotatable bonds is 6. The molecule has 1 amide bonds. The summed E-state index contributed by atoms with van der Waals surface area (Å²) in [4.78, 5) is 11.9. The van der Waals surface area contributed by atoms with E-state index in [1.165, 1.54) is 0 Å². The summed E-state index contributed by atoms with van der Waals surface area (Å²) in [7, 11) is 0. The van der Waals surface area contributed by atoms with E-state index >= 15 is 0 Å². The molecule has 0 spiro atoms. The molecule has 1 aromatic rings. The van der Waals surface area contributed by atoms with E-state index in [1.54, 1.807) is 18.2 Å². The lowest BCUT2D eigenvalue weighted by Crippen LogP contribution is -2.35. The third-order valence-corrected chi connectivity index (χ3v) is 2.81. The standard InChI is InChI=1S/C14H21ClN2O2/c1-4-6-11(16)14(18)17-12-8-5-7-10(15)13(12)19-9(2)3/h5,7-9,11H,4,6,16H2,1-3H3,(H,17,18). The fraction of sp³-hybridized carbons (Fsp3) is 0.500. The Labute approximate surface area is 119 Å². The van der Waals surface area contributed by atoms with Crippen LogP contribution in [0.1, 0.15) is 33.6 Å². The minimum Gasteiger partial charge on any atom is -0.487 e. The van der Waals surface area contributed by atoms with Gasteiger partial charge in [-0.25, -0.2) is 0 Å². The minimum absolute atomic E-state index is 0.0279. The number of nitrogens with two attached hydrogens (primary N) is 1. The Bertz CT molecular complexity index is 435. The molecule has 0 saturated heterocycles. The molecule has 0 aliphatic heterocycles. The second-order valence-electron chi connectivity index (χ2n) is 4.67. The van der Waals surface area contributed by atoms with Crippen molar-refractivity contribution in [2.24, 2.45) is 5.73 Å². The number of carbonyl (C=O) groups excluding carboxylic acids is 1. The van der Waals surface area contributed by atoms with Crippen LogP contribution in [0.4, 0.5) is 5.69 Å². The summed E-state index contributed by atoms with van der Waals surface area (Å²) in [6.45, 7) is 5.79. The molecule has 0 aromatic heterocycles. The van der Waals surface area contributed by atoms with Gasteiger partial charge in [-0.15, -0.1) is 0 Å². The van der Waals surface area contributed by atoms with E-state index < -0.39 is 6.04 Å². The Balaban J connectivity index is 2.88. The molecule has 3 N–H and O–H groups in total.